The lowest BCUT2D eigenvalue weighted by Crippen LogP contribution is -2.39. The van der Waals surface area contributed by atoms with E-state index in [2.05, 4.69) is 17.3 Å². The maximum Gasteiger partial charge on any atom is 0.229 e. The molecule has 0 heterocycles. The molecule has 1 aliphatic carbocycles. The summed E-state index contributed by atoms with van der Waals surface area (Å²) < 4.78 is 0. The zero-order valence-corrected chi connectivity index (χ0v) is 12.6. The summed E-state index contributed by atoms with van der Waals surface area (Å²) in [6.07, 6.45) is 2.97. The lowest BCUT2D eigenvalue weighted by Gasteiger charge is -2.29. The Morgan fingerprint density at radius 2 is 2.24 bits per heavy atom. The van der Waals surface area contributed by atoms with Crippen molar-refractivity contribution in [3.63, 3.8) is 0 Å². The summed E-state index contributed by atoms with van der Waals surface area (Å²) >= 11 is 0. The van der Waals surface area contributed by atoms with E-state index in [0.717, 1.165) is 24.8 Å². The van der Waals surface area contributed by atoms with Crippen molar-refractivity contribution in [2.75, 3.05) is 13.6 Å². The van der Waals surface area contributed by atoms with Crippen LogP contribution in [0.2, 0.25) is 0 Å². The molecular weight excluding hydrogens is 266 g/mol. The van der Waals surface area contributed by atoms with Crippen LogP contribution in [0.3, 0.4) is 0 Å². The normalized spacial score (nSPS) is 19.7. The molecule has 0 aliphatic heterocycles. The fourth-order valence-electron chi connectivity index (χ4n) is 2.97. The predicted octanol–water partition coefficient (Wildman–Crippen LogP) is 1.95. The van der Waals surface area contributed by atoms with Crippen LogP contribution in [0.15, 0.2) is 29.4 Å². The second kappa shape index (κ2) is 6.61. The minimum Gasteiger partial charge on any atom is -0.409 e. The minimum absolute atomic E-state index is 0.0700. The summed E-state index contributed by atoms with van der Waals surface area (Å²) in [7, 11) is 1.78. The minimum atomic E-state index is -0.164. The smallest absolute Gasteiger partial charge is 0.229 e. The van der Waals surface area contributed by atoms with Crippen LogP contribution in [-0.4, -0.2) is 35.4 Å². The van der Waals surface area contributed by atoms with E-state index >= 15 is 0 Å². The Morgan fingerprint density at radius 3 is 2.95 bits per heavy atom. The molecule has 0 fully saturated rings. The molecule has 3 N–H and O–H groups in total. The number of oxime groups is 1. The molecule has 1 aromatic carbocycles. The van der Waals surface area contributed by atoms with Gasteiger partial charge in [0.25, 0.3) is 0 Å². The van der Waals surface area contributed by atoms with E-state index in [1.54, 1.807) is 11.9 Å². The van der Waals surface area contributed by atoms with Crippen LogP contribution in [0.5, 0.6) is 0 Å². The van der Waals surface area contributed by atoms with E-state index in [1.807, 2.05) is 19.1 Å². The first-order valence-electron chi connectivity index (χ1n) is 7.34. The van der Waals surface area contributed by atoms with Crippen molar-refractivity contribution in [1.29, 1.82) is 0 Å². The molecule has 1 amide bonds. The summed E-state index contributed by atoms with van der Waals surface area (Å²) in [5.74, 6) is 0.0284. The van der Waals surface area contributed by atoms with Crippen LogP contribution in [0.1, 0.15) is 36.8 Å². The van der Waals surface area contributed by atoms with Crippen molar-refractivity contribution in [3.05, 3.63) is 35.4 Å². The second-order valence-electron chi connectivity index (χ2n) is 5.79. The standard InChI is InChI=1S/C16H23N3O2/c1-11(15(17)18-21)10-19(2)16(20)14-9-5-7-12-6-3-4-8-13(12)14/h3-4,6,8,11,14,21H,5,7,9-10H2,1-2H3,(H2,17,18). The van der Waals surface area contributed by atoms with Gasteiger partial charge in [0.2, 0.25) is 5.91 Å². The number of fused-ring (bicyclic) bond motifs is 1. The van der Waals surface area contributed by atoms with E-state index < -0.39 is 0 Å². The molecule has 0 bridgehead atoms. The van der Waals surface area contributed by atoms with Crippen molar-refractivity contribution in [2.45, 2.75) is 32.1 Å². The summed E-state index contributed by atoms with van der Waals surface area (Å²) in [5, 5.41) is 11.7. The number of nitrogens with zero attached hydrogens (tertiary/aromatic N) is 2. The zero-order valence-electron chi connectivity index (χ0n) is 12.6. The maximum absolute atomic E-state index is 12.7. The molecule has 0 saturated heterocycles. The summed E-state index contributed by atoms with van der Waals surface area (Å²) in [6.45, 7) is 2.29. The van der Waals surface area contributed by atoms with Gasteiger partial charge in [-0.2, -0.15) is 0 Å². The fourth-order valence-corrected chi connectivity index (χ4v) is 2.97. The Bertz CT molecular complexity index is 542. The Balaban J connectivity index is 2.10. The summed E-state index contributed by atoms with van der Waals surface area (Å²) in [6, 6.07) is 8.17. The molecule has 0 aromatic heterocycles. The molecule has 2 unspecified atom stereocenters. The van der Waals surface area contributed by atoms with Gasteiger partial charge in [0.05, 0.1) is 5.92 Å². The Hall–Kier alpha value is -2.04. The van der Waals surface area contributed by atoms with Crippen molar-refractivity contribution in [3.8, 4) is 0 Å². The number of aryl methyl sites for hydroxylation is 1. The monoisotopic (exact) mass is 289 g/mol. The van der Waals surface area contributed by atoms with Gasteiger partial charge in [-0.1, -0.05) is 36.3 Å². The highest BCUT2D eigenvalue weighted by atomic mass is 16.4. The number of amides is 1. The van der Waals surface area contributed by atoms with E-state index in [1.165, 1.54) is 5.56 Å². The van der Waals surface area contributed by atoms with Gasteiger partial charge < -0.3 is 15.8 Å². The van der Waals surface area contributed by atoms with Crippen LogP contribution >= 0.6 is 0 Å². The van der Waals surface area contributed by atoms with Gasteiger partial charge in [0.1, 0.15) is 5.84 Å². The van der Waals surface area contributed by atoms with Crippen LogP contribution in [0.4, 0.5) is 0 Å². The lowest BCUT2D eigenvalue weighted by molar-refractivity contribution is -0.132. The molecule has 1 aromatic rings. The quantitative estimate of drug-likeness (QED) is 0.385. The highest BCUT2D eigenvalue weighted by Crippen LogP contribution is 2.32. The Morgan fingerprint density at radius 1 is 1.52 bits per heavy atom. The van der Waals surface area contributed by atoms with Crippen molar-refractivity contribution < 1.29 is 10.0 Å². The number of carbonyl (C=O) groups excluding carboxylic acids is 1. The van der Waals surface area contributed by atoms with Crippen LogP contribution in [-0.2, 0) is 11.2 Å². The molecule has 2 atom stereocenters. The Kier molecular flexibility index (Phi) is 4.83. The largest absolute Gasteiger partial charge is 0.409 e. The van der Waals surface area contributed by atoms with Crippen molar-refractivity contribution in [1.82, 2.24) is 4.90 Å². The van der Waals surface area contributed by atoms with Crippen LogP contribution in [0.25, 0.3) is 0 Å². The SMILES string of the molecule is CC(CN(C)C(=O)C1CCCc2ccccc21)C(N)=NO. The number of carbonyl (C=O) groups is 1. The number of benzene rings is 1. The number of nitrogens with two attached hydrogens (primary N) is 1. The van der Waals surface area contributed by atoms with Gasteiger partial charge in [0, 0.05) is 19.5 Å². The lowest BCUT2D eigenvalue weighted by atomic mass is 9.82. The number of hydrogen-bond donors (Lipinski definition) is 2. The van der Waals surface area contributed by atoms with Crippen molar-refractivity contribution >= 4 is 11.7 Å². The molecule has 0 saturated carbocycles. The van der Waals surface area contributed by atoms with E-state index in [0.29, 0.717) is 6.54 Å². The van der Waals surface area contributed by atoms with Crippen LogP contribution < -0.4 is 5.73 Å². The molecule has 0 radical (unpaired) electrons. The molecule has 2 rings (SSSR count). The molecule has 21 heavy (non-hydrogen) atoms. The van der Waals surface area contributed by atoms with Crippen molar-refractivity contribution in [2.24, 2.45) is 16.8 Å². The van der Waals surface area contributed by atoms with E-state index in [9.17, 15) is 4.79 Å². The summed E-state index contributed by atoms with van der Waals surface area (Å²) in [4.78, 5) is 14.4. The molecule has 5 nitrogen and oxygen atoms in total. The van der Waals surface area contributed by atoms with Gasteiger partial charge in [-0.25, -0.2) is 0 Å². The highest BCUT2D eigenvalue weighted by molar-refractivity contribution is 5.86. The Labute approximate surface area is 125 Å². The van der Waals surface area contributed by atoms with E-state index in [4.69, 9.17) is 10.9 Å². The van der Waals surface area contributed by atoms with Crippen LogP contribution in [0, 0.1) is 5.92 Å². The average molecular weight is 289 g/mol. The fraction of sp³-hybridized carbons (Fsp3) is 0.500. The zero-order chi connectivity index (χ0) is 15.4. The number of rotatable bonds is 4. The number of likely N-dealkylation sites (N-methyl/N-ethyl adjacent to an activating group) is 1. The summed E-state index contributed by atoms with van der Waals surface area (Å²) in [5.41, 5.74) is 8.01. The topological polar surface area (TPSA) is 78.9 Å². The van der Waals surface area contributed by atoms with Gasteiger partial charge in [-0.3, -0.25) is 4.79 Å². The van der Waals surface area contributed by atoms with Gasteiger partial charge in [-0.15, -0.1) is 0 Å². The first-order valence-corrected chi connectivity index (χ1v) is 7.34. The second-order valence-corrected chi connectivity index (χ2v) is 5.79. The molecule has 1 aliphatic rings. The van der Waals surface area contributed by atoms with Gasteiger partial charge in [0.15, 0.2) is 0 Å². The maximum atomic E-state index is 12.7. The van der Waals surface area contributed by atoms with Gasteiger partial charge in [-0.05, 0) is 30.4 Å². The molecule has 0 spiro atoms. The third-order valence-electron chi connectivity index (χ3n) is 4.21. The first kappa shape index (κ1) is 15.4. The number of amidine groups is 1. The third kappa shape index (κ3) is 3.35. The average Bonchev–Trinajstić information content (AvgIpc) is 2.52. The first-order chi connectivity index (χ1) is 10.0. The van der Waals surface area contributed by atoms with Gasteiger partial charge >= 0.3 is 0 Å². The van der Waals surface area contributed by atoms with E-state index in [-0.39, 0.29) is 23.6 Å². The third-order valence-corrected chi connectivity index (χ3v) is 4.21. The predicted molar refractivity (Wildman–Crippen MR) is 82.3 cm³/mol. The number of hydrogen-bond acceptors (Lipinski definition) is 3. The molecular formula is C16H23N3O2. The molecule has 114 valence electrons. The molecule has 5 heteroatoms. The highest BCUT2D eigenvalue weighted by Gasteiger charge is 2.29.